The van der Waals surface area contributed by atoms with Crippen molar-refractivity contribution >= 4 is 11.6 Å². The molecule has 0 bridgehead atoms. The fourth-order valence-corrected chi connectivity index (χ4v) is 3.39. The number of hydrogen-bond donors (Lipinski definition) is 1. The van der Waals surface area contributed by atoms with Gasteiger partial charge in [0, 0.05) is 21.7 Å². The summed E-state index contributed by atoms with van der Waals surface area (Å²) in [6.45, 7) is -0.0511. The van der Waals surface area contributed by atoms with Crippen molar-refractivity contribution in [3.05, 3.63) is 106 Å². The Morgan fingerprint density at radius 2 is 1.38 bits per heavy atom. The fraction of sp³-hybridized carbons (Fsp3) is 0.0870. The third-order valence-electron chi connectivity index (χ3n) is 4.58. The molecule has 1 heterocycles. The Labute approximate surface area is 172 Å². The van der Waals surface area contributed by atoms with Crippen molar-refractivity contribution in [2.24, 2.45) is 0 Å². The first-order valence-corrected chi connectivity index (χ1v) is 9.54. The normalized spacial score (nSPS) is 11.9. The summed E-state index contributed by atoms with van der Waals surface area (Å²) in [5.41, 5.74) is 2.72. The number of halogens is 1. The topological polar surface area (TPSA) is 68.0 Å². The van der Waals surface area contributed by atoms with Gasteiger partial charge in [0.05, 0.1) is 6.54 Å². The van der Waals surface area contributed by atoms with Crippen LogP contribution in [0.4, 0.5) is 0 Å². The Hall–Kier alpha value is -3.28. The minimum Gasteiger partial charge on any atom is -0.386 e. The van der Waals surface area contributed by atoms with Gasteiger partial charge in [-0.05, 0) is 6.07 Å². The molecule has 0 aliphatic rings. The zero-order chi connectivity index (χ0) is 20.2. The fourth-order valence-electron chi connectivity index (χ4n) is 3.13. The molecule has 1 atom stereocenters. The predicted molar refractivity (Wildman–Crippen MR) is 114 cm³/mol. The second-order valence-corrected chi connectivity index (χ2v) is 6.95. The lowest BCUT2D eigenvalue weighted by Gasteiger charge is -2.15. The van der Waals surface area contributed by atoms with Crippen molar-refractivity contribution in [2.75, 3.05) is 0 Å². The standard InChI is InChI=1S/C23H18ClN3O2/c24-19-14-8-7-13-18(19)20(28)15-27-23(29)25-21(16-9-3-1-4-10-16)22(26-27)17-11-5-2-6-12-17/h1-14,20,28H,15H2/t20-/m1/s1. The van der Waals surface area contributed by atoms with E-state index in [9.17, 15) is 9.90 Å². The quantitative estimate of drug-likeness (QED) is 0.537. The molecule has 0 aliphatic carbocycles. The van der Waals surface area contributed by atoms with Crippen molar-refractivity contribution in [1.29, 1.82) is 0 Å². The lowest BCUT2D eigenvalue weighted by molar-refractivity contribution is 0.149. The molecule has 144 valence electrons. The summed E-state index contributed by atoms with van der Waals surface area (Å²) in [6, 6.07) is 26.0. The van der Waals surface area contributed by atoms with E-state index in [2.05, 4.69) is 10.1 Å². The van der Waals surface area contributed by atoms with E-state index < -0.39 is 11.8 Å². The van der Waals surface area contributed by atoms with Gasteiger partial charge in [-0.15, -0.1) is 0 Å². The number of aliphatic hydroxyl groups is 1. The second kappa shape index (κ2) is 8.39. The first-order valence-electron chi connectivity index (χ1n) is 9.16. The molecule has 1 aromatic heterocycles. The largest absolute Gasteiger partial charge is 0.386 e. The molecule has 0 amide bonds. The van der Waals surface area contributed by atoms with Gasteiger partial charge >= 0.3 is 5.69 Å². The highest BCUT2D eigenvalue weighted by Crippen LogP contribution is 2.28. The first-order chi connectivity index (χ1) is 14.1. The zero-order valence-electron chi connectivity index (χ0n) is 15.4. The van der Waals surface area contributed by atoms with Gasteiger partial charge in [-0.2, -0.15) is 10.1 Å². The minimum absolute atomic E-state index is 0.0511. The highest BCUT2D eigenvalue weighted by molar-refractivity contribution is 6.31. The molecule has 29 heavy (non-hydrogen) atoms. The van der Waals surface area contributed by atoms with Gasteiger partial charge in [0.1, 0.15) is 17.5 Å². The minimum atomic E-state index is -0.984. The average molecular weight is 404 g/mol. The maximum Gasteiger partial charge on any atom is 0.364 e. The van der Waals surface area contributed by atoms with Crippen molar-refractivity contribution in [1.82, 2.24) is 14.8 Å². The molecule has 0 aliphatic heterocycles. The Morgan fingerprint density at radius 1 is 0.828 bits per heavy atom. The van der Waals surface area contributed by atoms with Crippen LogP contribution < -0.4 is 5.69 Å². The van der Waals surface area contributed by atoms with Crippen LogP contribution in [0.1, 0.15) is 11.7 Å². The smallest absolute Gasteiger partial charge is 0.364 e. The van der Waals surface area contributed by atoms with Crippen molar-refractivity contribution in [3.8, 4) is 22.5 Å². The molecule has 6 heteroatoms. The van der Waals surface area contributed by atoms with Gasteiger partial charge in [0.25, 0.3) is 0 Å². The number of nitrogens with zero attached hydrogens (tertiary/aromatic N) is 3. The molecule has 0 spiro atoms. The van der Waals surface area contributed by atoms with Gasteiger partial charge < -0.3 is 5.11 Å². The maximum absolute atomic E-state index is 12.7. The highest BCUT2D eigenvalue weighted by atomic mass is 35.5. The lowest BCUT2D eigenvalue weighted by atomic mass is 10.0. The van der Waals surface area contributed by atoms with E-state index in [0.717, 1.165) is 11.1 Å². The Kier molecular flexibility index (Phi) is 5.51. The number of rotatable bonds is 5. The molecule has 3 aromatic carbocycles. The van der Waals surface area contributed by atoms with Crippen molar-refractivity contribution in [2.45, 2.75) is 12.6 Å². The third kappa shape index (κ3) is 4.11. The number of hydrogen-bond acceptors (Lipinski definition) is 4. The van der Waals surface area contributed by atoms with Gasteiger partial charge in [-0.1, -0.05) is 90.5 Å². The van der Waals surface area contributed by atoms with Crippen LogP contribution in [0.15, 0.2) is 89.7 Å². The monoisotopic (exact) mass is 403 g/mol. The molecule has 0 fully saturated rings. The summed E-state index contributed by atoms with van der Waals surface area (Å²) in [5.74, 6) is 0. The first kappa shape index (κ1) is 19.1. The Balaban J connectivity index is 1.80. The molecule has 4 rings (SSSR count). The van der Waals surface area contributed by atoms with Gasteiger partial charge in [0.15, 0.2) is 0 Å². The predicted octanol–water partition coefficient (Wildman–Crippen LogP) is 4.36. The summed E-state index contributed by atoms with van der Waals surface area (Å²) in [4.78, 5) is 17.0. The summed E-state index contributed by atoms with van der Waals surface area (Å²) >= 11 is 6.17. The van der Waals surface area contributed by atoms with Crippen LogP contribution in [0.2, 0.25) is 5.02 Å². The zero-order valence-corrected chi connectivity index (χ0v) is 16.2. The molecule has 1 N–H and O–H groups in total. The Morgan fingerprint density at radius 3 is 2.00 bits per heavy atom. The SMILES string of the molecule is O=c1nc(-c2ccccc2)c(-c2ccccc2)nn1C[C@@H](O)c1ccccc1Cl. The van der Waals surface area contributed by atoms with E-state index in [1.807, 2.05) is 60.7 Å². The van der Waals surface area contributed by atoms with Crippen LogP contribution >= 0.6 is 11.6 Å². The van der Waals surface area contributed by atoms with Crippen molar-refractivity contribution < 1.29 is 5.11 Å². The summed E-state index contributed by atoms with van der Waals surface area (Å²) < 4.78 is 1.18. The molecule has 5 nitrogen and oxygen atoms in total. The van der Waals surface area contributed by atoms with Crippen molar-refractivity contribution in [3.63, 3.8) is 0 Å². The number of aliphatic hydroxyl groups excluding tert-OH is 1. The van der Waals surface area contributed by atoms with Crippen LogP contribution in [0.25, 0.3) is 22.5 Å². The second-order valence-electron chi connectivity index (χ2n) is 6.54. The van der Waals surface area contributed by atoms with Crippen LogP contribution in [-0.2, 0) is 6.54 Å². The van der Waals surface area contributed by atoms with E-state index in [1.165, 1.54) is 4.68 Å². The molecule has 4 aromatic rings. The van der Waals surface area contributed by atoms with Crippen LogP contribution in [-0.4, -0.2) is 19.9 Å². The molecule has 0 radical (unpaired) electrons. The van der Waals surface area contributed by atoms with E-state index in [4.69, 9.17) is 11.6 Å². The number of benzene rings is 3. The van der Waals surface area contributed by atoms with Crippen LogP contribution in [0.5, 0.6) is 0 Å². The molecule has 0 saturated carbocycles. The molecular weight excluding hydrogens is 386 g/mol. The molecular formula is C23H18ClN3O2. The van der Waals surface area contributed by atoms with Crippen LogP contribution in [0.3, 0.4) is 0 Å². The van der Waals surface area contributed by atoms with E-state index in [0.29, 0.717) is 22.0 Å². The molecule has 0 unspecified atom stereocenters. The molecule has 0 saturated heterocycles. The van der Waals surface area contributed by atoms with Gasteiger partial charge in [-0.25, -0.2) is 9.48 Å². The van der Waals surface area contributed by atoms with E-state index in [-0.39, 0.29) is 6.54 Å². The Bertz CT molecular complexity index is 1180. The van der Waals surface area contributed by atoms with E-state index in [1.54, 1.807) is 24.3 Å². The highest BCUT2D eigenvalue weighted by Gasteiger charge is 2.18. The van der Waals surface area contributed by atoms with E-state index >= 15 is 0 Å². The van der Waals surface area contributed by atoms with Gasteiger partial charge in [0.2, 0.25) is 0 Å². The maximum atomic E-state index is 12.7. The summed E-state index contributed by atoms with van der Waals surface area (Å²) in [5, 5.41) is 15.6. The summed E-state index contributed by atoms with van der Waals surface area (Å²) in [6.07, 6.45) is -0.984. The summed E-state index contributed by atoms with van der Waals surface area (Å²) in [7, 11) is 0. The van der Waals surface area contributed by atoms with Gasteiger partial charge in [-0.3, -0.25) is 0 Å². The number of aromatic nitrogens is 3. The lowest BCUT2D eigenvalue weighted by Crippen LogP contribution is -2.29. The average Bonchev–Trinajstić information content (AvgIpc) is 2.76. The third-order valence-corrected chi connectivity index (χ3v) is 4.92. The van der Waals surface area contributed by atoms with Crippen LogP contribution in [0, 0.1) is 0 Å².